The molecule has 1 heterocycles. The number of allylic oxidation sites excluding steroid dienone is 1. The number of carbonyl (C=O) groups is 2. The number of esters is 1. The van der Waals surface area contributed by atoms with Crippen molar-refractivity contribution >= 4 is 29.4 Å². The lowest BCUT2D eigenvalue weighted by atomic mass is 10.0. The molecular weight excluding hydrogens is 416 g/mol. The standard InChI is InChI=1S/C25H19ClO5/c1-16-11-20(29-15-23(27)30-14-18-5-3-2-4-6-18)13-21-24(16)25(28)22(31-21)12-17-7-9-19(26)10-8-17/h2-13H,14-15H2,1H3/b22-12-. The maximum Gasteiger partial charge on any atom is 0.344 e. The summed E-state index contributed by atoms with van der Waals surface area (Å²) in [7, 11) is 0. The summed E-state index contributed by atoms with van der Waals surface area (Å²) in [6.45, 7) is 1.74. The monoisotopic (exact) mass is 434 g/mol. The lowest BCUT2D eigenvalue weighted by Gasteiger charge is -2.09. The Morgan fingerprint density at radius 1 is 1.06 bits per heavy atom. The van der Waals surface area contributed by atoms with Gasteiger partial charge in [0, 0.05) is 11.1 Å². The van der Waals surface area contributed by atoms with Gasteiger partial charge in [-0.3, -0.25) is 4.79 Å². The maximum atomic E-state index is 12.8. The van der Waals surface area contributed by atoms with Gasteiger partial charge < -0.3 is 14.2 Å². The fraction of sp³-hybridized carbons (Fsp3) is 0.120. The van der Waals surface area contributed by atoms with Crippen molar-refractivity contribution in [2.45, 2.75) is 13.5 Å². The molecule has 0 saturated heterocycles. The number of rotatable bonds is 6. The third kappa shape index (κ3) is 4.95. The van der Waals surface area contributed by atoms with Crippen molar-refractivity contribution in [2.75, 3.05) is 6.61 Å². The van der Waals surface area contributed by atoms with Gasteiger partial charge >= 0.3 is 5.97 Å². The quantitative estimate of drug-likeness (QED) is 0.384. The zero-order chi connectivity index (χ0) is 21.8. The molecule has 3 aromatic carbocycles. The van der Waals surface area contributed by atoms with Gasteiger partial charge in [-0.2, -0.15) is 0 Å². The summed E-state index contributed by atoms with van der Waals surface area (Å²) in [6.07, 6.45) is 1.67. The normalized spacial score (nSPS) is 13.6. The number of fused-ring (bicyclic) bond motifs is 1. The van der Waals surface area contributed by atoms with E-state index in [2.05, 4.69) is 0 Å². The first kappa shape index (κ1) is 20.7. The van der Waals surface area contributed by atoms with Crippen molar-refractivity contribution in [1.82, 2.24) is 0 Å². The molecule has 0 saturated carbocycles. The minimum Gasteiger partial charge on any atom is -0.482 e. The summed E-state index contributed by atoms with van der Waals surface area (Å²) in [6, 6.07) is 19.8. The van der Waals surface area contributed by atoms with E-state index >= 15 is 0 Å². The summed E-state index contributed by atoms with van der Waals surface area (Å²) in [5.74, 6) is 0.366. The molecule has 4 rings (SSSR count). The van der Waals surface area contributed by atoms with E-state index < -0.39 is 5.97 Å². The van der Waals surface area contributed by atoms with Gasteiger partial charge in [0.2, 0.25) is 5.78 Å². The number of carbonyl (C=O) groups excluding carboxylic acids is 2. The van der Waals surface area contributed by atoms with Crippen LogP contribution in [0.15, 0.2) is 72.5 Å². The number of ketones is 1. The number of aryl methyl sites for hydroxylation is 1. The smallest absolute Gasteiger partial charge is 0.344 e. The number of benzene rings is 3. The van der Waals surface area contributed by atoms with E-state index in [0.29, 0.717) is 27.6 Å². The largest absolute Gasteiger partial charge is 0.482 e. The average Bonchev–Trinajstić information content (AvgIpc) is 3.08. The van der Waals surface area contributed by atoms with Gasteiger partial charge in [0.1, 0.15) is 18.1 Å². The summed E-state index contributed by atoms with van der Waals surface area (Å²) < 4.78 is 16.5. The molecule has 0 atom stereocenters. The molecule has 3 aromatic rings. The molecule has 0 spiro atoms. The molecule has 1 aliphatic heterocycles. The van der Waals surface area contributed by atoms with Crippen molar-refractivity contribution in [3.8, 4) is 11.5 Å². The molecule has 0 radical (unpaired) electrons. The van der Waals surface area contributed by atoms with Crippen LogP contribution in [0.3, 0.4) is 0 Å². The van der Waals surface area contributed by atoms with E-state index in [1.165, 1.54) is 0 Å². The number of Topliss-reactive ketones (excluding diaryl/α,β-unsaturated/α-hetero) is 1. The first-order valence-electron chi connectivity index (χ1n) is 9.66. The van der Waals surface area contributed by atoms with E-state index in [-0.39, 0.29) is 24.8 Å². The van der Waals surface area contributed by atoms with Crippen molar-refractivity contribution < 1.29 is 23.8 Å². The van der Waals surface area contributed by atoms with Gasteiger partial charge in [-0.25, -0.2) is 4.79 Å². The topological polar surface area (TPSA) is 61.8 Å². The molecule has 5 nitrogen and oxygen atoms in total. The molecule has 156 valence electrons. The molecule has 1 aliphatic rings. The maximum absolute atomic E-state index is 12.8. The van der Waals surface area contributed by atoms with Gasteiger partial charge in [-0.15, -0.1) is 0 Å². The summed E-state index contributed by atoms with van der Waals surface area (Å²) >= 11 is 5.91. The van der Waals surface area contributed by atoms with E-state index in [1.807, 2.05) is 30.3 Å². The Hall–Kier alpha value is -3.57. The van der Waals surface area contributed by atoms with Crippen LogP contribution in [-0.2, 0) is 16.1 Å². The molecular formula is C25H19ClO5. The second-order valence-electron chi connectivity index (χ2n) is 7.04. The predicted molar refractivity (Wildman–Crippen MR) is 117 cm³/mol. The fourth-order valence-corrected chi connectivity index (χ4v) is 3.32. The van der Waals surface area contributed by atoms with Crippen LogP contribution in [0.4, 0.5) is 0 Å². The van der Waals surface area contributed by atoms with E-state index in [9.17, 15) is 9.59 Å². The Balaban J connectivity index is 1.41. The second kappa shape index (κ2) is 9.06. The zero-order valence-electron chi connectivity index (χ0n) is 16.8. The Labute approximate surface area is 184 Å². The fourth-order valence-electron chi connectivity index (χ4n) is 3.19. The second-order valence-corrected chi connectivity index (χ2v) is 7.48. The highest BCUT2D eigenvalue weighted by atomic mass is 35.5. The highest BCUT2D eigenvalue weighted by Gasteiger charge is 2.30. The van der Waals surface area contributed by atoms with Crippen LogP contribution in [0.5, 0.6) is 11.5 Å². The molecule has 0 fully saturated rings. The molecule has 0 unspecified atom stereocenters. The summed E-state index contributed by atoms with van der Waals surface area (Å²) in [5.41, 5.74) is 2.89. The van der Waals surface area contributed by atoms with Crippen LogP contribution in [0, 0.1) is 6.92 Å². The van der Waals surface area contributed by atoms with Crippen molar-refractivity contribution in [3.05, 3.63) is 99.8 Å². The third-order valence-electron chi connectivity index (χ3n) is 4.71. The number of hydrogen-bond donors (Lipinski definition) is 0. The Bertz CT molecular complexity index is 1150. The lowest BCUT2D eigenvalue weighted by Crippen LogP contribution is -2.14. The van der Waals surface area contributed by atoms with Crippen molar-refractivity contribution in [2.24, 2.45) is 0 Å². The highest BCUT2D eigenvalue weighted by molar-refractivity contribution is 6.30. The van der Waals surface area contributed by atoms with Gasteiger partial charge in [-0.1, -0.05) is 54.1 Å². The van der Waals surface area contributed by atoms with Crippen LogP contribution >= 0.6 is 11.6 Å². The highest BCUT2D eigenvalue weighted by Crippen LogP contribution is 2.37. The van der Waals surface area contributed by atoms with E-state index in [1.54, 1.807) is 49.4 Å². The first-order valence-corrected chi connectivity index (χ1v) is 10.0. The van der Waals surface area contributed by atoms with Crippen LogP contribution in [0.1, 0.15) is 27.0 Å². The SMILES string of the molecule is Cc1cc(OCC(=O)OCc2ccccc2)cc2c1C(=O)/C(=C/c1ccc(Cl)cc1)O2. The van der Waals surface area contributed by atoms with Crippen molar-refractivity contribution in [3.63, 3.8) is 0 Å². The number of halogens is 1. The molecule has 0 aliphatic carbocycles. The molecule has 0 N–H and O–H groups in total. The molecule has 31 heavy (non-hydrogen) atoms. The minimum atomic E-state index is -0.484. The Morgan fingerprint density at radius 2 is 1.81 bits per heavy atom. The first-order chi connectivity index (χ1) is 15.0. The third-order valence-corrected chi connectivity index (χ3v) is 4.96. The van der Waals surface area contributed by atoms with E-state index in [0.717, 1.165) is 11.1 Å². The molecule has 0 amide bonds. The van der Waals surface area contributed by atoms with Gasteiger partial charge in [0.25, 0.3) is 0 Å². The Kier molecular flexibility index (Phi) is 6.05. The zero-order valence-corrected chi connectivity index (χ0v) is 17.5. The lowest BCUT2D eigenvalue weighted by molar-refractivity contribution is -0.147. The number of ether oxygens (including phenoxy) is 3. The van der Waals surface area contributed by atoms with Crippen LogP contribution in [0.25, 0.3) is 6.08 Å². The van der Waals surface area contributed by atoms with Crippen LogP contribution in [0.2, 0.25) is 5.02 Å². The van der Waals surface area contributed by atoms with Crippen LogP contribution in [-0.4, -0.2) is 18.4 Å². The Morgan fingerprint density at radius 3 is 2.55 bits per heavy atom. The summed E-state index contributed by atoms with van der Waals surface area (Å²) in [5, 5.41) is 0.615. The average molecular weight is 435 g/mol. The minimum absolute atomic E-state index is 0.183. The number of hydrogen-bond acceptors (Lipinski definition) is 5. The molecule has 0 aromatic heterocycles. The van der Waals surface area contributed by atoms with Crippen molar-refractivity contribution in [1.29, 1.82) is 0 Å². The van der Waals surface area contributed by atoms with Gasteiger partial charge in [0.15, 0.2) is 12.4 Å². The van der Waals surface area contributed by atoms with Gasteiger partial charge in [0.05, 0.1) is 5.56 Å². The molecule has 6 heteroatoms. The van der Waals surface area contributed by atoms with Crippen LogP contribution < -0.4 is 9.47 Å². The summed E-state index contributed by atoms with van der Waals surface area (Å²) in [4.78, 5) is 24.7. The molecule has 0 bridgehead atoms. The van der Waals surface area contributed by atoms with Gasteiger partial charge in [-0.05, 0) is 47.9 Å². The predicted octanol–water partition coefficient (Wildman–Crippen LogP) is 5.39. The van der Waals surface area contributed by atoms with E-state index in [4.69, 9.17) is 25.8 Å².